The molecule has 0 atom stereocenters. The van der Waals surface area contributed by atoms with Crippen LogP contribution in [0.15, 0.2) is 24.3 Å². The molecule has 0 radical (unpaired) electrons. The van der Waals surface area contributed by atoms with Gasteiger partial charge in [-0.25, -0.2) is 4.98 Å². The number of ether oxygens (including phenoxy) is 1. The fourth-order valence-electron chi connectivity index (χ4n) is 2.30. The van der Waals surface area contributed by atoms with Crippen LogP contribution in [0.25, 0.3) is 11.3 Å². The molecule has 1 aromatic heterocycles. The lowest BCUT2D eigenvalue weighted by Crippen LogP contribution is -2.04. The van der Waals surface area contributed by atoms with Crippen molar-refractivity contribution in [3.63, 3.8) is 0 Å². The van der Waals surface area contributed by atoms with Gasteiger partial charge in [0.05, 0.1) is 6.61 Å². The smallest absolute Gasteiger partial charge is 0.131 e. The maximum Gasteiger partial charge on any atom is 0.131 e. The maximum atomic E-state index is 6.23. The molecule has 108 valence electrons. The zero-order valence-corrected chi connectivity index (χ0v) is 12.5. The average molecular weight is 273 g/mol. The van der Waals surface area contributed by atoms with E-state index in [-0.39, 0.29) is 0 Å². The van der Waals surface area contributed by atoms with Gasteiger partial charge in [0.25, 0.3) is 0 Å². The first kappa shape index (κ1) is 14.4. The number of anilines is 1. The molecule has 4 heteroatoms. The summed E-state index contributed by atoms with van der Waals surface area (Å²) < 4.78 is 7.74. The van der Waals surface area contributed by atoms with Gasteiger partial charge in [-0.3, -0.25) is 0 Å². The largest absolute Gasteiger partial charge is 0.494 e. The van der Waals surface area contributed by atoms with Crippen LogP contribution in [0, 0.1) is 0 Å². The first-order chi connectivity index (χ1) is 9.71. The van der Waals surface area contributed by atoms with E-state index in [4.69, 9.17) is 10.5 Å². The predicted octanol–water partition coefficient (Wildman–Crippen LogP) is 3.50. The van der Waals surface area contributed by atoms with Gasteiger partial charge < -0.3 is 15.0 Å². The lowest BCUT2D eigenvalue weighted by molar-refractivity contribution is 0.317. The Morgan fingerprint density at radius 1 is 1.25 bits per heavy atom. The van der Waals surface area contributed by atoms with Crippen molar-refractivity contribution >= 4 is 5.82 Å². The minimum Gasteiger partial charge on any atom is -0.494 e. The molecular formula is C16H23N3O. The molecule has 0 saturated heterocycles. The number of hydrogen-bond donors (Lipinski definition) is 1. The highest BCUT2D eigenvalue weighted by atomic mass is 16.5. The van der Waals surface area contributed by atoms with Crippen LogP contribution in [-0.4, -0.2) is 16.2 Å². The third-order valence-corrected chi connectivity index (χ3v) is 3.30. The lowest BCUT2D eigenvalue weighted by Gasteiger charge is -2.07. The summed E-state index contributed by atoms with van der Waals surface area (Å²) in [5.74, 6) is 2.63. The highest BCUT2D eigenvalue weighted by molar-refractivity contribution is 5.72. The van der Waals surface area contributed by atoms with Crippen molar-refractivity contribution in [2.24, 2.45) is 0 Å². The van der Waals surface area contributed by atoms with Crippen LogP contribution in [0.5, 0.6) is 5.75 Å². The minimum absolute atomic E-state index is 0.725. The van der Waals surface area contributed by atoms with Gasteiger partial charge in [-0.15, -0.1) is 0 Å². The summed E-state index contributed by atoms with van der Waals surface area (Å²) in [6, 6.07) is 7.98. The van der Waals surface area contributed by atoms with Crippen LogP contribution in [0.1, 0.15) is 33.0 Å². The second-order valence-electron chi connectivity index (χ2n) is 4.74. The van der Waals surface area contributed by atoms with Crippen LogP contribution >= 0.6 is 0 Å². The Morgan fingerprint density at radius 2 is 2.05 bits per heavy atom. The summed E-state index contributed by atoms with van der Waals surface area (Å²) in [5.41, 5.74) is 8.10. The second-order valence-corrected chi connectivity index (χ2v) is 4.74. The summed E-state index contributed by atoms with van der Waals surface area (Å²) in [6.45, 7) is 7.84. The predicted molar refractivity (Wildman–Crippen MR) is 82.9 cm³/mol. The van der Waals surface area contributed by atoms with Crippen LogP contribution in [0.4, 0.5) is 5.82 Å². The number of rotatable bonds is 6. The second kappa shape index (κ2) is 6.46. The molecule has 1 heterocycles. The van der Waals surface area contributed by atoms with E-state index in [0.717, 1.165) is 54.6 Å². The first-order valence-corrected chi connectivity index (χ1v) is 7.29. The monoisotopic (exact) mass is 273 g/mol. The van der Waals surface area contributed by atoms with Gasteiger partial charge in [0.2, 0.25) is 0 Å². The van der Waals surface area contributed by atoms with E-state index in [9.17, 15) is 0 Å². The van der Waals surface area contributed by atoms with E-state index in [2.05, 4.69) is 30.3 Å². The number of nitrogens with zero attached hydrogens (tertiary/aromatic N) is 2. The van der Waals surface area contributed by atoms with Gasteiger partial charge in [-0.05, 0) is 25.5 Å². The highest BCUT2D eigenvalue weighted by Gasteiger charge is 2.14. The van der Waals surface area contributed by atoms with Crippen molar-refractivity contribution in [1.29, 1.82) is 0 Å². The number of hydrogen-bond acceptors (Lipinski definition) is 3. The molecule has 0 aliphatic carbocycles. The van der Waals surface area contributed by atoms with Crippen molar-refractivity contribution in [2.75, 3.05) is 12.3 Å². The Labute approximate surface area is 120 Å². The van der Waals surface area contributed by atoms with Gasteiger partial charge >= 0.3 is 0 Å². The number of nitrogen functional groups attached to an aromatic ring is 1. The third kappa shape index (κ3) is 2.79. The molecule has 0 amide bonds. The van der Waals surface area contributed by atoms with E-state index >= 15 is 0 Å². The van der Waals surface area contributed by atoms with Crippen molar-refractivity contribution in [3.8, 4) is 17.0 Å². The Balaban J connectivity index is 2.38. The molecule has 0 aliphatic heterocycles. The summed E-state index contributed by atoms with van der Waals surface area (Å²) in [4.78, 5) is 4.67. The van der Waals surface area contributed by atoms with Crippen LogP contribution in [-0.2, 0) is 13.0 Å². The molecule has 0 aliphatic rings. The molecule has 2 N–H and O–H groups in total. The Hall–Kier alpha value is -1.97. The maximum absolute atomic E-state index is 6.23. The Kier molecular flexibility index (Phi) is 4.66. The SMILES string of the molecule is CCCOc1cccc(-c2nc(CC)n(CC)c2N)c1. The van der Waals surface area contributed by atoms with Crippen LogP contribution < -0.4 is 10.5 Å². The quantitative estimate of drug-likeness (QED) is 0.876. The topological polar surface area (TPSA) is 53.1 Å². The number of benzene rings is 1. The molecule has 2 aromatic rings. The van der Waals surface area contributed by atoms with Gasteiger partial charge in [0.15, 0.2) is 0 Å². The van der Waals surface area contributed by atoms with Crippen LogP contribution in [0.2, 0.25) is 0 Å². The van der Waals surface area contributed by atoms with E-state index in [1.54, 1.807) is 0 Å². The number of imidazole rings is 1. The van der Waals surface area contributed by atoms with Gasteiger partial charge in [0, 0.05) is 18.5 Å². The normalized spacial score (nSPS) is 10.8. The molecule has 1 aromatic carbocycles. The molecular weight excluding hydrogens is 250 g/mol. The van der Waals surface area contributed by atoms with E-state index in [1.807, 2.05) is 24.3 Å². The van der Waals surface area contributed by atoms with E-state index < -0.39 is 0 Å². The highest BCUT2D eigenvalue weighted by Crippen LogP contribution is 2.29. The lowest BCUT2D eigenvalue weighted by atomic mass is 10.1. The first-order valence-electron chi connectivity index (χ1n) is 7.29. The standard InChI is InChI=1S/C16H23N3O/c1-4-10-20-13-9-7-8-12(11-13)15-16(17)19(6-3)14(5-2)18-15/h7-9,11H,4-6,10,17H2,1-3H3. The summed E-state index contributed by atoms with van der Waals surface area (Å²) in [6.07, 6.45) is 1.88. The van der Waals surface area contributed by atoms with E-state index in [0.29, 0.717) is 0 Å². The zero-order valence-electron chi connectivity index (χ0n) is 12.5. The molecule has 0 unspecified atom stereocenters. The molecule has 20 heavy (non-hydrogen) atoms. The van der Waals surface area contributed by atoms with Crippen molar-refractivity contribution in [2.45, 2.75) is 40.2 Å². The molecule has 0 fully saturated rings. The van der Waals surface area contributed by atoms with Gasteiger partial charge in [-0.1, -0.05) is 26.0 Å². The Bertz CT molecular complexity index is 575. The third-order valence-electron chi connectivity index (χ3n) is 3.30. The summed E-state index contributed by atoms with van der Waals surface area (Å²) >= 11 is 0. The summed E-state index contributed by atoms with van der Waals surface area (Å²) in [5, 5.41) is 0. The fraction of sp³-hybridized carbons (Fsp3) is 0.438. The molecule has 4 nitrogen and oxygen atoms in total. The minimum atomic E-state index is 0.725. The number of aryl methyl sites for hydroxylation is 1. The fourth-order valence-corrected chi connectivity index (χ4v) is 2.30. The van der Waals surface area contributed by atoms with Gasteiger partial charge in [0.1, 0.15) is 23.1 Å². The van der Waals surface area contributed by atoms with Gasteiger partial charge in [-0.2, -0.15) is 0 Å². The number of nitrogens with two attached hydrogens (primary N) is 1. The van der Waals surface area contributed by atoms with E-state index in [1.165, 1.54) is 0 Å². The van der Waals surface area contributed by atoms with Crippen molar-refractivity contribution in [3.05, 3.63) is 30.1 Å². The van der Waals surface area contributed by atoms with Crippen molar-refractivity contribution in [1.82, 2.24) is 9.55 Å². The molecule has 2 rings (SSSR count). The molecule has 0 saturated carbocycles. The zero-order chi connectivity index (χ0) is 14.5. The van der Waals surface area contributed by atoms with Crippen molar-refractivity contribution < 1.29 is 4.74 Å². The number of aromatic nitrogens is 2. The summed E-state index contributed by atoms with van der Waals surface area (Å²) in [7, 11) is 0. The molecule has 0 spiro atoms. The Morgan fingerprint density at radius 3 is 2.65 bits per heavy atom. The average Bonchev–Trinajstić information content (AvgIpc) is 2.81. The molecule has 0 bridgehead atoms. The van der Waals surface area contributed by atoms with Crippen LogP contribution in [0.3, 0.4) is 0 Å².